The Morgan fingerprint density at radius 3 is 2.00 bits per heavy atom. The summed E-state index contributed by atoms with van der Waals surface area (Å²) in [5.41, 5.74) is 3.23. The van der Waals surface area contributed by atoms with E-state index in [-0.39, 0.29) is 5.91 Å². The highest BCUT2D eigenvalue weighted by Crippen LogP contribution is 2.24. The molecule has 2 aromatic carbocycles. The van der Waals surface area contributed by atoms with E-state index in [1.54, 1.807) is 18.1 Å². The molecule has 0 aliphatic rings. The average Bonchev–Trinajstić information content (AvgIpc) is 2.67. The molecule has 4 nitrogen and oxygen atoms in total. The monoisotopic (exact) mass is 317 g/mol. The Bertz CT molecular complexity index is 819. The van der Waals surface area contributed by atoms with Crippen LogP contribution in [0.1, 0.15) is 10.5 Å². The number of aromatic nitrogens is 1. The summed E-state index contributed by atoms with van der Waals surface area (Å²) in [5.74, 6) is -0.135. The molecule has 24 heavy (non-hydrogen) atoms. The maximum Gasteiger partial charge on any atom is 0.276 e. The number of amides is 1. The van der Waals surface area contributed by atoms with Crippen LogP contribution in [-0.4, -0.2) is 25.0 Å². The topological polar surface area (TPSA) is 36.4 Å². The lowest BCUT2D eigenvalue weighted by Crippen LogP contribution is -2.27. The minimum absolute atomic E-state index is 0.135. The Balaban J connectivity index is 1.86. The second-order valence-electron chi connectivity index (χ2n) is 5.49. The summed E-state index contributed by atoms with van der Waals surface area (Å²) in [5, 5.41) is 0. The lowest BCUT2D eigenvalue weighted by Gasteiger charge is -2.21. The summed E-state index contributed by atoms with van der Waals surface area (Å²) in [4.78, 5) is 20.6. The highest BCUT2D eigenvalue weighted by molar-refractivity contribution is 6.04. The van der Waals surface area contributed by atoms with E-state index in [0.717, 1.165) is 17.1 Å². The molecule has 1 heterocycles. The van der Waals surface area contributed by atoms with Crippen LogP contribution in [0.15, 0.2) is 79.0 Å². The van der Waals surface area contributed by atoms with Gasteiger partial charge < -0.3 is 9.80 Å². The van der Waals surface area contributed by atoms with Gasteiger partial charge in [-0.15, -0.1) is 0 Å². The molecule has 0 saturated carbocycles. The summed E-state index contributed by atoms with van der Waals surface area (Å²) >= 11 is 0. The van der Waals surface area contributed by atoms with Crippen molar-refractivity contribution in [1.29, 1.82) is 0 Å². The van der Waals surface area contributed by atoms with Gasteiger partial charge in [-0.1, -0.05) is 36.4 Å². The van der Waals surface area contributed by atoms with Crippen LogP contribution in [0, 0.1) is 0 Å². The maximum atomic E-state index is 12.7. The lowest BCUT2D eigenvalue weighted by molar-refractivity contribution is 0.0988. The minimum Gasteiger partial charge on any atom is -0.345 e. The first-order valence-corrected chi connectivity index (χ1v) is 7.75. The molecule has 4 heteroatoms. The number of rotatable bonds is 4. The van der Waals surface area contributed by atoms with Gasteiger partial charge in [0.25, 0.3) is 5.91 Å². The van der Waals surface area contributed by atoms with Crippen molar-refractivity contribution in [2.24, 2.45) is 0 Å². The zero-order valence-corrected chi connectivity index (χ0v) is 13.8. The van der Waals surface area contributed by atoms with E-state index in [2.05, 4.69) is 4.98 Å². The zero-order chi connectivity index (χ0) is 16.9. The number of hydrogen-bond donors (Lipinski definition) is 0. The predicted molar refractivity (Wildman–Crippen MR) is 97.9 cm³/mol. The molecule has 0 N–H and O–H groups in total. The van der Waals surface area contributed by atoms with Gasteiger partial charge in [0.05, 0.1) is 0 Å². The summed E-state index contributed by atoms with van der Waals surface area (Å²) in [6.45, 7) is 0. The quantitative estimate of drug-likeness (QED) is 0.726. The fraction of sp³-hybridized carbons (Fsp3) is 0.100. The lowest BCUT2D eigenvalue weighted by atomic mass is 10.2. The average molecular weight is 317 g/mol. The van der Waals surface area contributed by atoms with Gasteiger partial charge in [-0.25, -0.2) is 0 Å². The molecule has 0 aliphatic carbocycles. The number of anilines is 3. The standard InChI is InChI=1S/C20H19N3O/c1-22(16-9-5-3-6-10-16)18-13-14-21-19(15-18)20(24)23(2)17-11-7-4-8-12-17/h3-15H,1-2H3. The van der Waals surface area contributed by atoms with Crippen molar-refractivity contribution in [2.45, 2.75) is 0 Å². The Labute approximate surface area is 142 Å². The Kier molecular flexibility index (Phi) is 4.57. The predicted octanol–water partition coefficient (Wildman–Crippen LogP) is 4.13. The highest BCUT2D eigenvalue weighted by Gasteiger charge is 2.16. The SMILES string of the molecule is CN(C(=O)c1cc(N(C)c2ccccc2)ccn1)c1ccccc1. The van der Waals surface area contributed by atoms with Crippen molar-refractivity contribution in [3.63, 3.8) is 0 Å². The Hall–Kier alpha value is -3.14. The number of nitrogens with zero attached hydrogens (tertiary/aromatic N) is 3. The second-order valence-corrected chi connectivity index (χ2v) is 5.49. The summed E-state index contributed by atoms with van der Waals surface area (Å²) < 4.78 is 0. The van der Waals surface area contributed by atoms with Crippen LogP contribution in [0.4, 0.5) is 17.1 Å². The van der Waals surface area contributed by atoms with Crippen LogP contribution >= 0.6 is 0 Å². The first kappa shape index (κ1) is 15.7. The van der Waals surface area contributed by atoms with Crippen molar-refractivity contribution < 1.29 is 4.79 Å². The first-order chi connectivity index (χ1) is 11.7. The van der Waals surface area contributed by atoms with Crippen LogP contribution in [0.25, 0.3) is 0 Å². The van der Waals surface area contributed by atoms with Crippen LogP contribution in [-0.2, 0) is 0 Å². The molecule has 0 fully saturated rings. The molecule has 0 aliphatic heterocycles. The van der Waals surface area contributed by atoms with Crippen molar-refractivity contribution in [1.82, 2.24) is 4.98 Å². The van der Waals surface area contributed by atoms with E-state index in [9.17, 15) is 4.79 Å². The van der Waals surface area contributed by atoms with Gasteiger partial charge in [0, 0.05) is 37.4 Å². The smallest absolute Gasteiger partial charge is 0.276 e. The largest absolute Gasteiger partial charge is 0.345 e. The number of hydrogen-bond acceptors (Lipinski definition) is 3. The van der Waals surface area contributed by atoms with Gasteiger partial charge in [0.1, 0.15) is 5.69 Å². The molecule has 0 unspecified atom stereocenters. The molecule has 0 bridgehead atoms. The third kappa shape index (κ3) is 3.27. The fourth-order valence-corrected chi connectivity index (χ4v) is 2.49. The molecule has 120 valence electrons. The first-order valence-electron chi connectivity index (χ1n) is 7.75. The van der Waals surface area contributed by atoms with Gasteiger partial charge in [-0.2, -0.15) is 0 Å². The third-order valence-electron chi connectivity index (χ3n) is 3.94. The zero-order valence-electron chi connectivity index (χ0n) is 13.8. The minimum atomic E-state index is -0.135. The third-order valence-corrected chi connectivity index (χ3v) is 3.94. The molecule has 1 aromatic heterocycles. The molecule has 1 amide bonds. The molecule has 0 atom stereocenters. The normalized spacial score (nSPS) is 10.2. The number of pyridine rings is 1. The molecule has 0 radical (unpaired) electrons. The van der Waals surface area contributed by atoms with Crippen LogP contribution < -0.4 is 9.80 Å². The molecular formula is C20H19N3O. The summed E-state index contributed by atoms with van der Waals surface area (Å²) in [7, 11) is 3.73. The maximum absolute atomic E-state index is 12.7. The molecule has 0 saturated heterocycles. The summed E-state index contributed by atoms with van der Waals surface area (Å²) in [6.07, 6.45) is 1.67. The molecule has 3 rings (SSSR count). The van der Waals surface area contributed by atoms with Crippen LogP contribution in [0.5, 0.6) is 0 Å². The van der Waals surface area contributed by atoms with Gasteiger partial charge in [0.15, 0.2) is 0 Å². The van der Waals surface area contributed by atoms with E-state index < -0.39 is 0 Å². The van der Waals surface area contributed by atoms with Gasteiger partial charge in [-0.3, -0.25) is 9.78 Å². The van der Waals surface area contributed by atoms with Gasteiger partial charge >= 0.3 is 0 Å². The summed E-state index contributed by atoms with van der Waals surface area (Å²) in [6, 6.07) is 23.3. The van der Waals surface area contributed by atoms with Crippen molar-refractivity contribution in [2.75, 3.05) is 23.9 Å². The Morgan fingerprint density at radius 2 is 1.38 bits per heavy atom. The van der Waals surface area contributed by atoms with E-state index in [4.69, 9.17) is 0 Å². The van der Waals surface area contributed by atoms with Crippen LogP contribution in [0.3, 0.4) is 0 Å². The van der Waals surface area contributed by atoms with Crippen molar-refractivity contribution in [3.05, 3.63) is 84.7 Å². The number of carbonyl (C=O) groups excluding carboxylic acids is 1. The van der Waals surface area contributed by atoms with E-state index in [1.807, 2.05) is 84.7 Å². The number of para-hydroxylation sites is 2. The second kappa shape index (κ2) is 6.96. The van der Waals surface area contributed by atoms with Gasteiger partial charge in [0.2, 0.25) is 0 Å². The molecular weight excluding hydrogens is 298 g/mol. The van der Waals surface area contributed by atoms with E-state index in [1.165, 1.54) is 0 Å². The van der Waals surface area contributed by atoms with E-state index in [0.29, 0.717) is 5.69 Å². The number of benzene rings is 2. The van der Waals surface area contributed by atoms with E-state index >= 15 is 0 Å². The molecule has 3 aromatic rings. The van der Waals surface area contributed by atoms with Crippen molar-refractivity contribution in [3.8, 4) is 0 Å². The Morgan fingerprint density at radius 1 is 0.792 bits per heavy atom. The fourth-order valence-electron chi connectivity index (χ4n) is 2.49. The van der Waals surface area contributed by atoms with Gasteiger partial charge in [-0.05, 0) is 36.4 Å². The molecule has 0 spiro atoms. The van der Waals surface area contributed by atoms with Crippen molar-refractivity contribution >= 4 is 23.0 Å². The highest BCUT2D eigenvalue weighted by atomic mass is 16.2. The van der Waals surface area contributed by atoms with Crippen LogP contribution in [0.2, 0.25) is 0 Å². The number of carbonyl (C=O) groups is 1.